The summed E-state index contributed by atoms with van der Waals surface area (Å²) in [5, 5.41) is 10.1. The largest absolute Gasteiger partial charge is 0.523 e. The van der Waals surface area contributed by atoms with Gasteiger partial charge in [-0.1, -0.05) is 26.0 Å². The first kappa shape index (κ1) is 30.5. The van der Waals surface area contributed by atoms with Crippen LogP contribution in [0.5, 0.6) is 11.5 Å². The van der Waals surface area contributed by atoms with Gasteiger partial charge in [-0.05, 0) is 63.4 Å². The van der Waals surface area contributed by atoms with Crippen molar-refractivity contribution in [2.75, 3.05) is 40.5 Å². The van der Waals surface area contributed by atoms with Crippen molar-refractivity contribution in [1.29, 1.82) is 5.26 Å². The van der Waals surface area contributed by atoms with Crippen LogP contribution in [0.2, 0.25) is 0 Å². The van der Waals surface area contributed by atoms with Crippen molar-refractivity contribution in [2.24, 2.45) is 5.92 Å². The van der Waals surface area contributed by atoms with E-state index in [0.717, 1.165) is 37.9 Å². The fourth-order valence-corrected chi connectivity index (χ4v) is 4.01. The van der Waals surface area contributed by atoms with Crippen LogP contribution in [-0.2, 0) is 38.1 Å². The second-order valence-electron chi connectivity index (χ2n) is 8.78. The van der Waals surface area contributed by atoms with Gasteiger partial charge in [0.2, 0.25) is 0 Å². The molecule has 35 heavy (non-hydrogen) atoms. The molecule has 6 nitrogen and oxygen atoms in total. The Morgan fingerprint density at radius 3 is 2.51 bits per heavy atom. The van der Waals surface area contributed by atoms with E-state index < -0.39 is 5.41 Å². The van der Waals surface area contributed by atoms with Crippen LogP contribution in [0.15, 0.2) is 42.5 Å². The molecule has 193 valence electrons. The first-order valence-corrected chi connectivity index (χ1v) is 11.9. The molecule has 0 bridgehead atoms. The van der Waals surface area contributed by atoms with Gasteiger partial charge in [0.25, 0.3) is 0 Å². The van der Waals surface area contributed by atoms with E-state index in [1.54, 1.807) is 14.0 Å². The van der Waals surface area contributed by atoms with Crippen LogP contribution in [0.1, 0.15) is 44.7 Å². The topological polar surface area (TPSA) is 71.8 Å². The number of carbonyl (C=O) groups excluding carboxylic acids is 1. The molecule has 0 aliphatic rings. The Bertz CT molecular complexity index is 943. The monoisotopic (exact) mass is 524 g/mol. The molecule has 1 atom stereocenters. The number of likely N-dealkylation sites (N-methyl/N-ethyl adjacent to an activating group) is 1. The van der Waals surface area contributed by atoms with Gasteiger partial charge < -0.3 is 19.1 Å². The molecule has 0 aliphatic carbocycles. The minimum Gasteiger partial charge on any atom is -0.523 e. The first-order chi connectivity index (χ1) is 16.3. The molecular formula is C28H37CoN2O4-. The third-order valence-corrected chi connectivity index (χ3v) is 6.17. The van der Waals surface area contributed by atoms with Gasteiger partial charge >= 0.3 is 5.97 Å². The number of hydrogen-bond donors (Lipinski definition) is 0. The van der Waals surface area contributed by atoms with Gasteiger partial charge in [-0.2, -0.15) is 17.4 Å². The molecule has 0 aromatic heterocycles. The zero-order valence-electron chi connectivity index (χ0n) is 21.4. The zero-order chi connectivity index (χ0) is 25.0. The van der Waals surface area contributed by atoms with Gasteiger partial charge in [0.15, 0.2) is 6.61 Å². The molecule has 0 saturated heterocycles. The third kappa shape index (κ3) is 9.21. The van der Waals surface area contributed by atoms with Crippen LogP contribution in [0.25, 0.3) is 0 Å². The molecule has 0 amide bonds. The van der Waals surface area contributed by atoms with Crippen molar-refractivity contribution >= 4 is 5.97 Å². The van der Waals surface area contributed by atoms with Gasteiger partial charge in [-0.3, -0.25) is 0 Å². The summed E-state index contributed by atoms with van der Waals surface area (Å²) in [5.74, 6) is 1.13. The smallest absolute Gasteiger partial charge is 0.344 e. The van der Waals surface area contributed by atoms with Crippen LogP contribution in [0.3, 0.4) is 0 Å². The molecule has 1 radical (unpaired) electrons. The molecule has 2 rings (SSSR count). The molecule has 2 aromatic carbocycles. The van der Waals surface area contributed by atoms with Crippen LogP contribution in [-0.4, -0.2) is 51.3 Å². The molecular weight excluding hydrogens is 487 g/mol. The Hall–Kier alpha value is -2.53. The van der Waals surface area contributed by atoms with Crippen molar-refractivity contribution in [3.05, 3.63) is 59.7 Å². The molecule has 0 heterocycles. The summed E-state index contributed by atoms with van der Waals surface area (Å²) < 4.78 is 15.6. The van der Waals surface area contributed by atoms with Crippen LogP contribution in [0.4, 0.5) is 0 Å². The number of carbonyl (C=O) groups is 1. The Labute approximate surface area is 220 Å². The van der Waals surface area contributed by atoms with E-state index in [2.05, 4.69) is 37.9 Å². The summed E-state index contributed by atoms with van der Waals surface area (Å²) in [6.07, 6.45) is 2.61. The summed E-state index contributed by atoms with van der Waals surface area (Å²) in [6, 6.07) is 19.2. The Balaban J connectivity index is 0.00000612. The van der Waals surface area contributed by atoms with Crippen molar-refractivity contribution in [3.63, 3.8) is 0 Å². The van der Waals surface area contributed by atoms with E-state index in [0.29, 0.717) is 18.1 Å². The third-order valence-electron chi connectivity index (χ3n) is 6.17. The minimum absolute atomic E-state index is 0. The van der Waals surface area contributed by atoms with E-state index in [4.69, 9.17) is 14.2 Å². The molecule has 2 aromatic rings. The van der Waals surface area contributed by atoms with Gasteiger partial charge in [0.05, 0.1) is 25.2 Å². The Morgan fingerprint density at radius 1 is 1.20 bits per heavy atom. The van der Waals surface area contributed by atoms with Gasteiger partial charge in [-0.25, -0.2) is 4.79 Å². The summed E-state index contributed by atoms with van der Waals surface area (Å²) in [7, 11) is 3.73. The molecule has 7 heteroatoms. The van der Waals surface area contributed by atoms with Crippen molar-refractivity contribution < 1.29 is 35.8 Å². The maximum atomic E-state index is 11.4. The second kappa shape index (κ2) is 15.5. The van der Waals surface area contributed by atoms with Gasteiger partial charge in [-0.15, -0.1) is 17.7 Å². The number of ether oxygens (including phenoxy) is 3. The van der Waals surface area contributed by atoms with Crippen LogP contribution in [0, 0.1) is 23.3 Å². The van der Waals surface area contributed by atoms with Crippen LogP contribution < -0.4 is 9.47 Å². The quantitative estimate of drug-likeness (QED) is 0.261. The molecule has 0 saturated carbocycles. The number of esters is 1. The maximum absolute atomic E-state index is 11.4. The zero-order valence-corrected chi connectivity index (χ0v) is 22.5. The molecule has 0 aliphatic heterocycles. The number of nitriles is 1. The predicted octanol–water partition coefficient (Wildman–Crippen LogP) is 4.81. The number of hydrogen-bond acceptors (Lipinski definition) is 6. The van der Waals surface area contributed by atoms with E-state index >= 15 is 0 Å². The minimum atomic E-state index is -0.553. The summed E-state index contributed by atoms with van der Waals surface area (Å²) in [4.78, 5) is 13.7. The number of methoxy groups -OCH3 is 1. The summed E-state index contributed by atoms with van der Waals surface area (Å²) in [6.45, 7) is 8.08. The summed E-state index contributed by atoms with van der Waals surface area (Å²) >= 11 is 0. The molecule has 0 spiro atoms. The first-order valence-electron chi connectivity index (χ1n) is 11.9. The van der Waals surface area contributed by atoms with Crippen molar-refractivity contribution in [2.45, 2.75) is 45.4 Å². The standard InChI is InChI=1S/C28H37N2O4.Co/c1-6-33-27(31)20-34-25-13-11-23(12-14-25)15-18-30(4)17-8-16-28(21-29,22(2)3)24-9-7-10-26(19-24)32-5;/h7,9,11-14,19,22H,6,8,15-18,20H2,1-5H3;/q-1;. The average molecular weight is 525 g/mol. The van der Waals surface area contributed by atoms with E-state index in [-0.39, 0.29) is 35.3 Å². The normalized spacial score (nSPS) is 12.4. The van der Waals surface area contributed by atoms with E-state index in [1.165, 1.54) is 5.56 Å². The van der Waals surface area contributed by atoms with Crippen LogP contribution >= 0.6 is 0 Å². The van der Waals surface area contributed by atoms with Crippen molar-refractivity contribution in [3.8, 4) is 17.6 Å². The number of benzene rings is 2. The van der Waals surface area contributed by atoms with Gasteiger partial charge in [0, 0.05) is 29.1 Å². The molecule has 0 N–H and O–H groups in total. The predicted molar refractivity (Wildman–Crippen MR) is 133 cm³/mol. The average Bonchev–Trinajstić information content (AvgIpc) is 2.85. The van der Waals surface area contributed by atoms with E-state index in [1.807, 2.05) is 42.5 Å². The van der Waals surface area contributed by atoms with Gasteiger partial charge in [0.1, 0.15) is 5.75 Å². The second-order valence-corrected chi connectivity index (χ2v) is 8.78. The number of nitrogens with zero attached hydrogens (tertiary/aromatic N) is 2. The summed E-state index contributed by atoms with van der Waals surface area (Å²) in [5.41, 5.74) is 1.65. The Kier molecular flexibility index (Phi) is 13.5. The molecule has 1 unspecified atom stereocenters. The SMILES string of the molecule is CCOC(=O)COc1ccc(CCN(C)CCCC(C#N)(c2cc[c-]c(OC)c2)C(C)C)cc1.[Co]. The van der Waals surface area contributed by atoms with E-state index in [9.17, 15) is 10.1 Å². The number of rotatable bonds is 14. The fourth-order valence-electron chi connectivity index (χ4n) is 4.01. The van der Waals surface area contributed by atoms with Crippen molar-refractivity contribution in [1.82, 2.24) is 4.90 Å². The fraction of sp³-hybridized carbons (Fsp3) is 0.500. The maximum Gasteiger partial charge on any atom is 0.344 e. The molecule has 0 fully saturated rings. The Morgan fingerprint density at radius 2 is 1.91 bits per heavy atom.